The van der Waals surface area contributed by atoms with Crippen molar-refractivity contribution in [3.63, 3.8) is 0 Å². The molecule has 3 fully saturated rings. The summed E-state index contributed by atoms with van der Waals surface area (Å²) < 4.78 is 63.8. The molecule has 0 radical (unpaired) electrons. The normalized spacial score (nSPS) is 22.6. The van der Waals surface area contributed by atoms with Gasteiger partial charge >= 0.3 is 12.1 Å². The first kappa shape index (κ1) is 41.8. The van der Waals surface area contributed by atoms with Crippen molar-refractivity contribution >= 4 is 23.9 Å². The largest absolute Gasteiger partial charge is 0.442 e. The zero-order chi connectivity index (χ0) is 41.5. The number of imide groups is 1. The summed E-state index contributed by atoms with van der Waals surface area (Å²) in [6.07, 6.45) is 0.628. The van der Waals surface area contributed by atoms with E-state index in [1.165, 1.54) is 17.1 Å². The van der Waals surface area contributed by atoms with Crippen molar-refractivity contribution in [2.75, 3.05) is 72.2 Å². The summed E-state index contributed by atoms with van der Waals surface area (Å²) in [6, 6.07) is 11.3. The van der Waals surface area contributed by atoms with Crippen LogP contribution in [-0.4, -0.2) is 144 Å². The summed E-state index contributed by atoms with van der Waals surface area (Å²) in [7, 11) is 0. The van der Waals surface area contributed by atoms with Gasteiger partial charge in [-0.3, -0.25) is 14.5 Å². The number of urea groups is 1. The lowest BCUT2D eigenvalue weighted by molar-refractivity contribution is -0.137. The van der Waals surface area contributed by atoms with Crippen molar-refractivity contribution < 1.29 is 51.7 Å². The Morgan fingerprint density at radius 1 is 1.03 bits per heavy atom. The average molecular weight is 824 g/mol. The second kappa shape index (κ2) is 19.2. The van der Waals surface area contributed by atoms with Gasteiger partial charge in [-0.1, -0.05) is 30.3 Å². The number of amides is 5. The van der Waals surface area contributed by atoms with Crippen molar-refractivity contribution in [3.05, 3.63) is 89.9 Å². The Morgan fingerprint density at radius 2 is 1.80 bits per heavy atom. The number of benzene rings is 2. The van der Waals surface area contributed by atoms with E-state index in [-0.39, 0.29) is 76.2 Å². The third-order valence-electron chi connectivity index (χ3n) is 11.1. The molecule has 5 amide bonds. The van der Waals surface area contributed by atoms with Crippen molar-refractivity contribution in [1.29, 1.82) is 0 Å². The molecule has 59 heavy (non-hydrogen) atoms. The molecule has 3 N–H and O–H groups in total. The first-order chi connectivity index (χ1) is 28.5. The van der Waals surface area contributed by atoms with E-state index in [1.807, 2.05) is 34.9 Å². The van der Waals surface area contributed by atoms with Crippen LogP contribution in [0.25, 0.3) is 11.3 Å². The maximum absolute atomic E-state index is 15.4. The first-order valence-electron chi connectivity index (χ1n) is 19.8. The van der Waals surface area contributed by atoms with Gasteiger partial charge in [0.25, 0.3) is 11.8 Å². The smallest absolute Gasteiger partial charge is 0.407 e. The molecule has 316 valence electrons. The molecule has 18 heteroatoms. The summed E-state index contributed by atoms with van der Waals surface area (Å²) in [4.78, 5) is 60.0. The van der Waals surface area contributed by atoms with Gasteiger partial charge in [-0.25, -0.2) is 27.7 Å². The predicted molar refractivity (Wildman–Crippen MR) is 205 cm³/mol. The van der Waals surface area contributed by atoms with Gasteiger partial charge in [0.05, 0.1) is 44.6 Å². The van der Waals surface area contributed by atoms with Crippen LogP contribution in [0.5, 0.6) is 0 Å². The highest BCUT2D eigenvalue weighted by molar-refractivity contribution is 6.12. The topological polar surface area (TPSA) is 168 Å². The molecule has 3 aromatic rings. The highest BCUT2D eigenvalue weighted by Crippen LogP contribution is 2.39. The number of alkyl halides is 1. The number of aliphatic hydroxyl groups is 1. The van der Waals surface area contributed by atoms with E-state index >= 15 is 8.78 Å². The number of rotatable bonds is 15. The highest BCUT2D eigenvalue weighted by atomic mass is 19.1. The molecule has 3 saturated heterocycles. The molecule has 0 aliphatic carbocycles. The van der Waals surface area contributed by atoms with Crippen molar-refractivity contribution in [2.45, 2.75) is 43.8 Å². The lowest BCUT2D eigenvalue weighted by Crippen LogP contribution is -2.50. The van der Waals surface area contributed by atoms with E-state index in [4.69, 9.17) is 19.2 Å². The number of likely N-dealkylation sites (tertiary alicyclic amines) is 1. The van der Waals surface area contributed by atoms with Gasteiger partial charge < -0.3 is 44.3 Å². The Hall–Kier alpha value is -5.30. The third-order valence-corrected chi connectivity index (χ3v) is 11.1. The molecule has 4 aliphatic rings. The molecule has 5 atom stereocenters. The van der Waals surface area contributed by atoms with Gasteiger partial charge in [-0.15, -0.1) is 0 Å². The molecule has 2 aromatic carbocycles. The Bertz CT molecular complexity index is 1980. The van der Waals surface area contributed by atoms with Crippen LogP contribution in [0, 0.1) is 23.5 Å². The van der Waals surface area contributed by atoms with E-state index in [0.29, 0.717) is 38.4 Å². The fourth-order valence-corrected chi connectivity index (χ4v) is 8.00. The number of hydrogen-bond donors (Lipinski definition) is 3. The van der Waals surface area contributed by atoms with Gasteiger partial charge in [0.2, 0.25) is 0 Å². The molecule has 5 heterocycles. The summed E-state index contributed by atoms with van der Waals surface area (Å²) >= 11 is 0. The van der Waals surface area contributed by atoms with Gasteiger partial charge in [-0.2, -0.15) is 0 Å². The number of aromatic nitrogens is 2. The van der Waals surface area contributed by atoms with E-state index < -0.39 is 65.9 Å². The van der Waals surface area contributed by atoms with E-state index in [9.17, 15) is 28.7 Å². The third kappa shape index (κ3) is 10.1. The van der Waals surface area contributed by atoms with Gasteiger partial charge in [-0.05, 0) is 42.5 Å². The number of imidazole rings is 1. The van der Waals surface area contributed by atoms with Gasteiger partial charge in [0, 0.05) is 75.8 Å². The van der Waals surface area contributed by atoms with E-state index in [2.05, 4.69) is 10.6 Å². The Kier molecular flexibility index (Phi) is 13.6. The van der Waals surface area contributed by atoms with Crippen molar-refractivity contribution in [1.82, 2.24) is 34.9 Å². The molecule has 0 bridgehead atoms. The lowest BCUT2D eigenvalue weighted by Gasteiger charge is -2.41. The van der Waals surface area contributed by atoms with Crippen LogP contribution >= 0.6 is 0 Å². The molecule has 4 aliphatic heterocycles. The molecule has 0 spiro atoms. The Labute approximate surface area is 339 Å². The summed E-state index contributed by atoms with van der Waals surface area (Å²) in [5.41, 5.74) is 1.01. The second-order valence-electron chi connectivity index (χ2n) is 15.1. The zero-order valence-electron chi connectivity index (χ0n) is 32.4. The predicted octanol–water partition coefficient (Wildman–Crippen LogP) is 3.04. The van der Waals surface area contributed by atoms with Crippen molar-refractivity contribution in [2.24, 2.45) is 11.8 Å². The van der Waals surface area contributed by atoms with Crippen LogP contribution in [0.1, 0.15) is 30.3 Å². The second-order valence-corrected chi connectivity index (χ2v) is 15.1. The zero-order valence-corrected chi connectivity index (χ0v) is 32.4. The van der Waals surface area contributed by atoms with E-state index in [0.717, 1.165) is 28.7 Å². The lowest BCUT2D eigenvalue weighted by atomic mass is 9.89. The monoisotopic (exact) mass is 823 g/mol. The Balaban J connectivity index is 1.11. The fraction of sp³-hybridized carbons (Fsp3) is 0.488. The number of β-amino-alcohol motifs (C(OH)–C–C–N with tert-alkyl or cyclic N) is 1. The van der Waals surface area contributed by atoms with Crippen LogP contribution in [0.4, 0.5) is 22.8 Å². The van der Waals surface area contributed by atoms with Crippen LogP contribution in [0.3, 0.4) is 0 Å². The average Bonchev–Trinajstić information content (AvgIpc) is 4.01. The van der Waals surface area contributed by atoms with Crippen LogP contribution in [-0.2, 0) is 30.3 Å². The minimum Gasteiger partial charge on any atom is -0.442 e. The summed E-state index contributed by atoms with van der Waals surface area (Å²) in [6.45, 7) is 1.37. The number of hydrogen-bond acceptors (Lipinski definition) is 10. The molecule has 0 unspecified atom stereocenters. The fourth-order valence-electron chi connectivity index (χ4n) is 8.00. The number of nitrogens with zero attached hydrogens (tertiary/aromatic N) is 5. The van der Waals surface area contributed by atoms with Gasteiger partial charge in [0.15, 0.2) is 0 Å². The van der Waals surface area contributed by atoms with Crippen LogP contribution in [0.2, 0.25) is 0 Å². The first-order valence-corrected chi connectivity index (χ1v) is 19.8. The van der Waals surface area contributed by atoms with E-state index in [1.54, 1.807) is 11.1 Å². The number of nitrogens with one attached hydrogen (secondary N) is 2. The minimum atomic E-state index is -1.25. The molecular formula is C41H48F3N7O8. The Morgan fingerprint density at radius 3 is 2.53 bits per heavy atom. The molecule has 1 aromatic heterocycles. The maximum atomic E-state index is 15.4. The SMILES string of the molecule is O=C(NCCOCCN1C(=O)C=CC1=O)O[C@H]1CN(C(=O)N(C[C@@H]2CNC[C@@H]2F)[C@@H](c2nc(-c3cc(F)ccc3F)cn2Cc2ccccc2)C2CCOCC2)C[C@H]1O. The molecule has 7 rings (SSSR count). The highest BCUT2D eigenvalue weighted by Gasteiger charge is 2.45. The minimum absolute atomic E-state index is 0.0217. The molecule has 0 saturated carbocycles. The molecule has 15 nitrogen and oxygen atoms in total. The number of halogens is 3. The number of alkyl carbamates (subject to hydrolysis) is 1. The maximum Gasteiger partial charge on any atom is 0.407 e. The van der Waals surface area contributed by atoms with Crippen LogP contribution < -0.4 is 10.6 Å². The summed E-state index contributed by atoms with van der Waals surface area (Å²) in [5.74, 6) is -2.58. The quantitative estimate of drug-likeness (QED) is 0.153. The standard InChI is InChI=1S/C41H48F3N7O8/c42-29-6-7-31(43)30(18-29)33-23-48(21-26-4-2-1-3-5-26)39(47-33)38(27-10-14-57-15-11-27)51(22-28-19-45-20-32(28)44)41(56)49-24-34(52)35(25-49)59-40(55)46-12-16-58-17-13-50-36(53)8-9-37(50)54/h1-9,18,23,27-28,32,34-35,38,45,52H,10-17,19-22,24-25H2,(H,46,55)/t28-,32-,34+,35-,38+/m0/s1. The van der Waals surface area contributed by atoms with Crippen molar-refractivity contribution in [3.8, 4) is 11.3 Å². The number of carbonyl (C=O) groups excluding carboxylic acids is 4. The molecular weight excluding hydrogens is 775 g/mol. The number of aliphatic hydroxyl groups excluding tert-OH is 1. The number of carbonyl (C=O) groups is 4. The van der Waals surface area contributed by atoms with Gasteiger partial charge in [0.1, 0.15) is 35.8 Å². The summed E-state index contributed by atoms with van der Waals surface area (Å²) in [5, 5.41) is 16.7. The number of ether oxygens (including phenoxy) is 3. The van der Waals surface area contributed by atoms with Crippen LogP contribution in [0.15, 0.2) is 66.9 Å².